The summed E-state index contributed by atoms with van der Waals surface area (Å²) >= 11 is 0. The number of piperazine rings is 1. The summed E-state index contributed by atoms with van der Waals surface area (Å²) < 4.78 is 0. The van der Waals surface area contributed by atoms with E-state index in [4.69, 9.17) is 0 Å². The van der Waals surface area contributed by atoms with Gasteiger partial charge in [0.2, 0.25) is 0 Å². The Morgan fingerprint density at radius 2 is 1.55 bits per heavy atom. The van der Waals surface area contributed by atoms with Crippen molar-refractivity contribution in [3.63, 3.8) is 0 Å². The molecule has 2 N–H and O–H groups in total. The molecule has 1 atom stereocenters. The van der Waals surface area contributed by atoms with Crippen molar-refractivity contribution < 1.29 is 9.90 Å². The van der Waals surface area contributed by atoms with Crippen molar-refractivity contribution in [2.24, 2.45) is 0 Å². The van der Waals surface area contributed by atoms with Crippen LogP contribution in [0.2, 0.25) is 0 Å². The summed E-state index contributed by atoms with van der Waals surface area (Å²) in [6.07, 6.45) is 2.46. The number of rotatable bonds is 5. The minimum absolute atomic E-state index is 0.00191. The third kappa shape index (κ3) is 4.65. The Bertz CT molecular complexity index is 800. The monoisotopic (exact) mass is 394 g/mol. The number of amides is 2. The summed E-state index contributed by atoms with van der Waals surface area (Å²) in [5.74, 6) is 0.293. The van der Waals surface area contributed by atoms with Gasteiger partial charge in [0.25, 0.3) is 0 Å². The highest BCUT2D eigenvalue weighted by Gasteiger charge is 2.26. The first-order valence-corrected chi connectivity index (χ1v) is 10.6. The Morgan fingerprint density at radius 3 is 2.24 bits per heavy atom. The molecule has 2 aromatic carbocycles. The summed E-state index contributed by atoms with van der Waals surface area (Å²) in [7, 11) is 0. The van der Waals surface area contributed by atoms with Gasteiger partial charge in [0, 0.05) is 32.7 Å². The molecule has 2 saturated heterocycles. The van der Waals surface area contributed by atoms with E-state index in [0.717, 1.165) is 31.9 Å². The van der Waals surface area contributed by atoms with Crippen molar-refractivity contribution in [2.75, 3.05) is 50.7 Å². The maximum atomic E-state index is 12.8. The fourth-order valence-corrected chi connectivity index (χ4v) is 4.36. The Balaban J connectivity index is 1.32. The Labute approximate surface area is 172 Å². The average molecular weight is 395 g/mol. The smallest absolute Gasteiger partial charge is 0.317 e. The molecule has 6 heteroatoms. The van der Waals surface area contributed by atoms with E-state index < -0.39 is 0 Å². The number of carbonyl (C=O) groups excluding carboxylic acids is 1. The molecule has 0 bridgehead atoms. The number of urea groups is 1. The number of nitrogens with one attached hydrogen (secondary N) is 1. The molecule has 29 heavy (non-hydrogen) atoms. The van der Waals surface area contributed by atoms with E-state index in [9.17, 15) is 9.90 Å². The minimum Gasteiger partial charge on any atom is -0.506 e. The summed E-state index contributed by atoms with van der Waals surface area (Å²) in [4.78, 5) is 19.3. The molecular weight excluding hydrogens is 364 g/mol. The van der Waals surface area contributed by atoms with Gasteiger partial charge in [0.15, 0.2) is 0 Å². The van der Waals surface area contributed by atoms with Gasteiger partial charge in [-0.25, -0.2) is 4.79 Å². The first kappa shape index (κ1) is 19.6. The summed E-state index contributed by atoms with van der Waals surface area (Å²) in [5, 5.41) is 13.2. The Kier molecular flexibility index (Phi) is 6.20. The highest BCUT2D eigenvalue weighted by Crippen LogP contribution is 2.27. The van der Waals surface area contributed by atoms with Crippen molar-refractivity contribution in [1.82, 2.24) is 15.1 Å². The second-order valence-electron chi connectivity index (χ2n) is 7.82. The summed E-state index contributed by atoms with van der Waals surface area (Å²) in [5.41, 5.74) is 2.10. The molecule has 0 spiro atoms. The van der Waals surface area contributed by atoms with Gasteiger partial charge in [0.05, 0.1) is 11.7 Å². The number of para-hydroxylation sites is 2. The molecule has 2 aliphatic rings. The van der Waals surface area contributed by atoms with Crippen molar-refractivity contribution in [2.45, 2.75) is 18.9 Å². The molecule has 2 heterocycles. The number of anilines is 1. The zero-order valence-corrected chi connectivity index (χ0v) is 16.8. The van der Waals surface area contributed by atoms with Gasteiger partial charge < -0.3 is 20.2 Å². The van der Waals surface area contributed by atoms with E-state index in [2.05, 4.69) is 39.4 Å². The maximum Gasteiger partial charge on any atom is 0.317 e. The van der Waals surface area contributed by atoms with Crippen LogP contribution >= 0.6 is 0 Å². The molecule has 0 aliphatic carbocycles. The zero-order valence-electron chi connectivity index (χ0n) is 16.8. The quantitative estimate of drug-likeness (QED) is 0.818. The van der Waals surface area contributed by atoms with E-state index in [1.54, 1.807) is 6.07 Å². The molecule has 0 radical (unpaired) electrons. The van der Waals surface area contributed by atoms with Gasteiger partial charge in [-0.15, -0.1) is 0 Å². The van der Waals surface area contributed by atoms with Crippen LogP contribution < -0.4 is 10.2 Å². The molecule has 0 aromatic heterocycles. The predicted molar refractivity (Wildman–Crippen MR) is 115 cm³/mol. The van der Waals surface area contributed by atoms with Crippen molar-refractivity contribution >= 4 is 11.7 Å². The van der Waals surface area contributed by atoms with Crippen LogP contribution in [0.3, 0.4) is 0 Å². The lowest BCUT2D eigenvalue weighted by molar-refractivity contribution is 0.185. The molecule has 4 rings (SSSR count). The maximum absolute atomic E-state index is 12.8. The molecule has 2 aliphatic heterocycles. The van der Waals surface area contributed by atoms with Crippen molar-refractivity contribution in [3.05, 3.63) is 60.2 Å². The molecule has 6 nitrogen and oxygen atoms in total. The molecule has 1 unspecified atom stereocenters. The Hall–Kier alpha value is -2.73. The number of hydrogen-bond acceptors (Lipinski definition) is 4. The molecule has 0 saturated carbocycles. The number of aromatic hydroxyl groups is 1. The zero-order chi connectivity index (χ0) is 20.1. The van der Waals surface area contributed by atoms with Crippen LogP contribution in [0.15, 0.2) is 54.6 Å². The average Bonchev–Trinajstić information content (AvgIpc) is 3.30. The topological polar surface area (TPSA) is 59.1 Å². The number of phenolic OH excluding ortho intramolecular Hbond substituents is 1. The van der Waals surface area contributed by atoms with Gasteiger partial charge in [-0.1, -0.05) is 42.5 Å². The summed E-state index contributed by atoms with van der Waals surface area (Å²) in [6, 6.07) is 18.1. The number of phenols is 1. The highest BCUT2D eigenvalue weighted by molar-refractivity contribution is 5.74. The van der Waals surface area contributed by atoms with Gasteiger partial charge in [0.1, 0.15) is 5.75 Å². The fourth-order valence-electron chi connectivity index (χ4n) is 4.36. The van der Waals surface area contributed by atoms with Crippen LogP contribution in [-0.2, 0) is 0 Å². The van der Waals surface area contributed by atoms with Gasteiger partial charge in [-0.3, -0.25) is 4.90 Å². The molecule has 2 fully saturated rings. The van der Waals surface area contributed by atoms with E-state index in [1.807, 2.05) is 29.2 Å². The third-order valence-corrected chi connectivity index (χ3v) is 6.00. The van der Waals surface area contributed by atoms with E-state index >= 15 is 0 Å². The lowest BCUT2D eigenvalue weighted by Crippen LogP contribution is -2.52. The van der Waals surface area contributed by atoms with Crippen LogP contribution in [0, 0.1) is 0 Å². The lowest BCUT2D eigenvalue weighted by Gasteiger charge is -2.37. The number of likely N-dealkylation sites (tertiary alicyclic amines) is 1. The predicted octanol–water partition coefficient (Wildman–Crippen LogP) is 3.06. The van der Waals surface area contributed by atoms with Crippen LogP contribution in [0.1, 0.15) is 24.4 Å². The van der Waals surface area contributed by atoms with Crippen LogP contribution in [-0.4, -0.2) is 66.8 Å². The SMILES string of the molecule is O=C(NCC(c1ccccc1)N1CCCC1)N1CCN(c2ccccc2O)CC1. The number of carbonyl (C=O) groups is 1. The normalized spacial score (nSPS) is 18.6. The standard InChI is InChI=1S/C23H30N4O2/c28-22-11-5-4-10-20(22)26-14-16-27(17-15-26)23(29)24-18-21(25-12-6-7-13-25)19-8-2-1-3-9-19/h1-5,8-11,21,28H,6-7,12-18H2,(H,24,29). The van der Waals surface area contributed by atoms with Gasteiger partial charge >= 0.3 is 6.03 Å². The second kappa shape index (κ2) is 9.18. The van der Waals surface area contributed by atoms with E-state index in [1.165, 1.54) is 18.4 Å². The van der Waals surface area contributed by atoms with Crippen molar-refractivity contribution in [3.8, 4) is 5.75 Å². The fraction of sp³-hybridized carbons (Fsp3) is 0.435. The first-order valence-electron chi connectivity index (χ1n) is 10.6. The van der Waals surface area contributed by atoms with Crippen LogP contribution in [0.4, 0.5) is 10.5 Å². The van der Waals surface area contributed by atoms with Crippen LogP contribution in [0.25, 0.3) is 0 Å². The van der Waals surface area contributed by atoms with E-state index in [0.29, 0.717) is 25.4 Å². The molecule has 2 aromatic rings. The molecule has 154 valence electrons. The largest absolute Gasteiger partial charge is 0.506 e. The van der Waals surface area contributed by atoms with Crippen molar-refractivity contribution in [1.29, 1.82) is 0 Å². The summed E-state index contributed by atoms with van der Waals surface area (Å²) in [6.45, 7) is 5.56. The lowest BCUT2D eigenvalue weighted by atomic mass is 10.1. The van der Waals surface area contributed by atoms with Crippen LogP contribution in [0.5, 0.6) is 5.75 Å². The minimum atomic E-state index is 0.00191. The number of benzene rings is 2. The second-order valence-corrected chi connectivity index (χ2v) is 7.82. The molecule has 2 amide bonds. The Morgan fingerprint density at radius 1 is 0.897 bits per heavy atom. The van der Waals surface area contributed by atoms with Gasteiger partial charge in [-0.2, -0.15) is 0 Å². The van der Waals surface area contributed by atoms with Gasteiger partial charge in [-0.05, 0) is 43.6 Å². The number of nitrogens with zero attached hydrogens (tertiary/aromatic N) is 3. The first-order chi connectivity index (χ1) is 14.2. The van der Waals surface area contributed by atoms with E-state index in [-0.39, 0.29) is 12.1 Å². The molecular formula is C23H30N4O2. The number of hydrogen-bond donors (Lipinski definition) is 2. The highest BCUT2D eigenvalue weighted by atomic mass is 16.3. The third-order valence-electron chi connectivity index (χ3n) is 6.00.